The Morgan fingerprint density at radius 3 is 2.75 bits per heavy atom. The molecule has 1 aliphatic heterocycles. The molecule has 1 nitrogen and oxygen atoms in total. The molecule has 0 amide bonds. The fourth-order valence-electron chi connectivity index (χ4n) is 1.87. The smallest absolute Gasteiger partial charge is 0.0102 e. The van der Waals surface area contributed by atoms with Crippen LogP contribution in [0.5, 0.6) is 0 Å². The van der Waals surface area contributed by atoms with E-state index in [1.807, 2.05) is 0 Å². The Bertz CT molecular complexity index is 101. The van der Waals surface area contributed by atoms with Gasteiger partial charge in [0.15, 0.2) is 0 Å². The summed E-state index contributed by atoms with van der Waals surface area (Å²) in [5.74, 6) is 2.11. The van der Waals surface area contributed by atoms with E-state index in [1.165, 1.54) is 19.4 Å². The number of nitrogens with one attached hydrogen (secondary N) is 1. The zero-order valence-electron chi connectivity index (χ0n) is 5.35. The van der Waals surface area contributed by atoms with Crippen molar-refractivity contribution >= 4 is 0 Å². The van der Waals surface area contributed by atoms with Gasteiger partial charge in [-0.1, -0.05) is 13.3 Å². The first-order valence-corrected chi connectivity index (χ1v) is 3.65. The van der Waals surface area contributed by atoms with E-state index in [-0.39, 0.29) is 0 Å². The molecule has 1 heterocycles. The van der Waals surface area contributed by atoms with Crippen LogP contribution >= 0.6 is 0 Å². The Morgan fingerprint density at radius 2 is 2.50 bits per heavy atom. The first-order valence-electron chi connectivity index (χ1n) is 3.65. The first-order chi connectivity index (χ1) is 3.92. The van der Waals surface area contributed by atoms with Crippen LogP contribution in [0.2, 0.25) is 0 Å². The maximum absolute atomic E-state index is 3.49. The third kappa shape index (κ3) is 0.510. The van der Waals surface area contributed by atoms with Gasteiger partial charge in [-0.05, 0) is 24.8 Å². The molecule has 3 atom stereocenters. The Morgan fingerprint density at radius 1 is 1.62 bits per heavy atom. The monoisotopic (exact) mass is 111 g/mol. The SMILES string of the molecule is CC[C@@H]1CN[C@@H]2C[C@H]12. The van der Waals surface area contributed by atoms with E-state index in [1.54, 1.807) is 0 Å². The second kappa shape index (κ2) is 1.47. The average molecular weight is 111 g/mol. The highest BCUT2D eigenvalue weighted by molar-refractivity contribution is 5.03. The lowest BCUT2D eigenvalue weighted by Crippen LogP contribution is -2.15. The first kappa shape index (κ1) is 4.80. The van der Waals surface area contributed by atoms with E-state index < -0.39 is 0 Å². The summed E-state index contributed by atoms with van der Waals surface area (Å²) in [4.78, 5) is 0. The molecular formula is C7H13N. The van der Waals surface area contributed by atoms with Gasteiger partial charge < -0.3 is 5.32 Å². The van der Waals surface area contributed by atoms with E-state index in [9.17, 15) is 0 Å². The van der Waals surface area contributed by atoms with Crippen LogP contribution in [0.1, 0.15) is 19.8 Å². The molecule has 0 aromatic carbocycles. The van der Waals surface area contributed by atoms with Gasteiger partial charge in [-0.2, -0.15) is 0 Å². The minimum atomic E-state index is 0.944. The Balaban J connectivity index is 1.97. The van der Waals surface area contributed by atoms with Crippen molar-refractivity contribution in [3.63, 3.8) is 0 Å². The second-order valence-electron chi connectivity index (χ2n) is 3.08. The highest BCUT2D eigenvalue weighted by Crippen LogP contribution is 2.43. The van der Waals surface area contributed by atoms with Crippen molar-refractivity contribution in [3.8, 4) is 0 Å². The van der Waals surface area contributed by atoms with Crippen LogP contribution in [0.4, 0.5) is 0 Å². The topological polar surface area (TPSA) is 12.0 Å². The molecular weight excluding hydrogens is 98.1 g/mol. The maximum atomic E-state index is 3.49. The molecule has 1 saturated carbocycles. The van der Waals surface area contributed by atoms with Gasteiger partial charge in [-0.25, -0.2) is 0 Å². The van der Waals surface area contributed by atoms with Gasteiger partial charge in [0.1, 0.15) is 0 Å². The van der Waals surface area contributed by atoms with Crippen LogP contribution in [0, 0.1) is 11.8 Å². The molecule has 0 bridgehead atoms. The second-order valence-corrected chi connectivity index (χ2v) is 3.08. The highest BCUT2D eigenvalue weighted by atomic mass is 15.0. The molecule has 0 unspecified atom stereocenters. The summed E-state index contributed by atoms with van der Waals surface area (Å²) < 4.78 is 0. The van der Waals surface area contributed by atoms with Gasteiger partial charge in [-0.15, -0.1) is 0 Å². The summed E-state index contributed by atoms with van der Waals surface area (Å²) in [7, 11) is 0. The molecule has 1 heteroatoms. The predicted octanol–water partition coefficient (Wildman–Crippen LogP) is 1.00. The third-order valence-electron chi connectivity index (χ3n) is 2.61. The molecule has 1 N–H and O–H groups in total. The van der Waals surface area contributed by atoms with E-state index >= 15 is 0 Å². The predicted molar refractivity (Wildman–Crippen MR) is 33.7 cm³/mol. The number of piperidine rings is 1. The summed E-state index contributed by atoms with van der Waals surface area (Å²) in [6.07, 6.45) is 2.85. The molecule has 0 spiro atoms. The van der Waals surface area contributed by atoms with Crippen molar-refractivity contribution in [2.75, 3.05) is 6.54 Å². The van der Waals surface area contributed by atoms with Crippen molar-refractivity contribution in [2.24, 2.45) is 11.8 Å². The minimum absolute atomic E-state index is 0.944. The summed E-state index contributed by atoms with van der Waals surface area (Å²) in [5, 5.41) is 3.49. The van der Waals surface area contributed by atoms with E-state index in [4.69, 9.17) is 0 Å². The highest BCUT2D eigenvalue weighted by Gasteiger charge is 2.46. The molecule has 46 valence electrons. The Kier molecular flexibility index (Phi) is 0.884. The van der Waals surface area contributed by atoms with Gasteiger partial charge in [-0.3, -0.25) is 0 Å². The molecule has 1 aliphatic carbocycles. The number of rotatable bonds is 1. The third-order valence-corrected chi connectivity index (χ3v) is 2.61. The zero-order valence-corrected chi connectivity index (χ0v) is 5.35. The number of hydrogen-bond donors (Lipinski definition) is 1. The Hall–Kier alpha value is -0.0400. The van der Waals surface area contributed by atoms with Crippen LogP contribution in [0.25, 0.3) is 0 Å². The lowest BCUT2D eigenvalue weighted by Gasteiger charge is -2.04. The standard InChI is InChI=1S/C7H13N/c1-2-5-4-8-7-3-6(5)7/h5-8H,2-4H2,1H3/t5-,6-,7-/m1/s1. The molecule has 2 fully saturated rings. The van der Waals surface area contributed by atoms with Crippen molar-refractivity contribution < 1.29 is 0 Å². The van der Waals surface area contributed by atoms with Crippen LogP contribution in [-0.2, 0) is 0 Å². The average Bonchev–Trinajstić information content (AvgIpc) is 2.46. The lowest BCUT2D eigenvalue weighted by atomic mass is 10.0. The molecule has 2 rings (SSSR count). The van der Waals surface area contributed by atoms with Gasteiger partial charge in [0.05, 0.1) is 0 Å². The summed E-state index contributed by atoms with van der Waals surface area (Å²) in [6.45, 7) is 3.60. The molecule has 8 heavy (non-hydrogen) atoms. The van der Waals surface area contributed by atoms with Gasteiger partial charge in [0.2, 0.25) is 0 Å². The van der Waals surface area contributed by atoms with Crippen molar-refractivity contribution in [3.05, 3.63) is 0 Å². The fourth-order valence-corrected chi connectivity index (χ4v) is 1.87. The van der Waals surface area contributed by atoms with Gasteiger partial charge in [0, 0.05) is 6.04 Å². The van der Waals surface area contributed by atoms with Crippen molar-refractivity contribution in [1.82, 2.24) is 5.32 Å². The van der Waals surface area contributed by atoms with Crippen molar-refractivity contribution in [2.45, 2.75) is 25.8 Å². The molecule has 1 saturated heterocycles. The van der Waals surface area contributed by atoms with E-state index in [2.05, 4.69) is 12.2 Å². The summed E-state index contributed by atoms with van der Waals surface area (Å²) in [5.41, 5.74) is 0. The quantitative estimate of drug-likeness (QED) is 0.532. The minimum Gasteiger partial charge on any atom is -0.313 e. The maximum Gasteiger partial charge on any atom is 0.0102 e. The van der Waals surface area contributed by atoms with E-state index in [0.717, 1.165) is 17.9 Å². The van der Waals surface area contributed by atoms with Gasteiger partial charge in [0.25, 0.3) is 0 Å². The number of hydrogen-bond acceptors (Lipinski definition) is 1. The van der Waals surface area contributed by atoms with Crippen LogP contribution < -0.4 is 5.32 Å². The zero-order chi connectivity index (χ0) is 5.56. The van der Waals surface area contributed by atoms with Crippen LogP contribution in [-0.4, -0.2) is 12.6 Å². The van der Waals surface area contributed by atoms with Crippen molar-refractivity contribution in [1.29, 1.82) is 0 Å². The largest absolute Gasteiger partial charge is 0.313 e. The summed E-state index contributed by atoms with van der Waals surface area (Å²) >= 11 is 0. The lowest BCUT2D eigenvalue weighted by molar-refractivity contribution is 0.488. The molecule has 2 aliphatic rings. The molecule has 0 aromatic rings. The number of fused-ring (bicyclic) bond motifs is 1. The Labute approximate surface area is 50.5 Å². The fraction of sp³-hybridized carbons (Fsp3) is 1.00. The normalized spacial score (nSPS) is 51.4. The van der Waals surface area contributed by atoms with Gasteiger partial charge >= 0.3 is 0 Å². The van der Waals surface area contributed by atoms with Crippen LogP contribution in [0.3, 0.4) is 0 Å². The molecule has 0 radical (unpaired) electrons. The summed E-state index contributed by atoms with van der Waals surface area (Å²) in [6, 6.07) is 0.944. The van der Waals surface area contributed by atoms with Crippen LogP contribution in [0.15, 0.2) is 0 Å². The van der Waals surface area contributed by atoms with E-state index in [0.29, 0.717) is 0 Å². The molecule has 0 aromatic heterocycles.